The maximum atomic E-state index is 13.2. The van der Waals surface area contributed by atoms with Crippen LogP contribution in [0.15, 0.2) is 46.9 Å². The summed E-state index contributed by atoms with van der Waals surface area (Å²) >= 11 is 3.42. The SMILES string of the molecule is CC(NCc1cccc(Br)c1)c1cc(F)ccc1O. The standard InChI is InChI=1S/C15H15BrFNO/c1-10(14-8-13(17)5-6-15(14)19)18-9-11-3-2-4-12(16)7-11/h2-8,10,18-19H,9H2,1H3. The summed E-state index contributed by atoms with van der Waals surface area (Å²) < 4.78 is 14.2. The number of phenols is 1. The Morgan fingerprint density at radius 3 is 2.79 bits per heavy atom. The summed E-state index contributed by atoms with van der Waals surface area (Å²) in [6.07, 6.45) is 0. The first kappa shape index (κ1) is 14.0. The van der Waals surface area contributed by atoms with Gasteiger partial charge < -0.3 is 10.4 Å². The Labute approximate surface area is 120 Å². The number of nitrogens with one attached hydrogen (secondary N) is 1. The maximum absolute atomic E-state index is 13.2. The van der Waals surface area contributed by atoms with Gasteiger partial charge in [0.05, 0.1) is 0 Å². The van der Waals surface area contributed by atoms with E-state index in [2.05, 4.69) is 21.2 Å². The fourth-order valence-corrected chi connectivity index (χ4v) is 2.35. The number of hydrogen-bond acceptors (Lipinski definition) is 2. The lowest BCUT2D eigenvalue weighted by Gasteiger charge is -2.16. The van der Waals surface area contributed by atoms with Gasteiger partial charge in [0, 0.05) is 22.6 Å². The van der Waals surface area contributed by atoms with Crippen LogP contribution in [0.5, 0.6) is 5.75 Å². The Kier molecular flexibility index (Phi) is 4.56. The zero-order valence-electron chi connectivity index (χ0n) is 10.5. The molecule has 4 heteroatoms. The molecule has 19 heavy (non-hydrogen) atoms. The summed E-state index contributed by atoms with van der Waals surface area (Å²) in [4.78, 5) is 0. The predicted molar refractivity (Wildman–Crippen MR) is 77.5 cm³/mol. The third-order valence-corrected chi connectivity index (χ3v) is 3.45. The van der Waals surface area contributed by atoms with E-state index in [1.54, 1.807) is 0 Å². The second-order valence-corrected chi connectivity index (χ2v) is 5.35. The molecule has 0 radical (unpaired) electrons. The highest BCUT2D eigenvalue weighted by molar-refractivity contribution is 9.10. The number of rotatable bonds is 4. The van der Waals surface area contributed by atoms with Gasteiger partial charge in [0.2, 0.25) is 0 Å². The van der Waals surface area contributed by atoms with Crippen molar-refractivity contribution in [3.8, 4) is 5.75 Å². The average molecular weight is 324 g/mol. The Bertz CT molecular complexity index is 574. The number of hydrogen-bond donors (Lipinski definition) is 2. The van der Waals surface area contributed by atoms with E-state index in [0.717, 1.165) is 10.0 Å². The van der Waals surface area contributed by atoms with Crippen molar-refractivity contribution in [3.63, 3.8) is 0 Å². The van der Waals surface area contributed by atoms with Crippen molar-refractivity contribution in [1.82, 2.24) is 5.32 Å². The lowest BCUT2D eigenvalue weighted by molar-refractivity contribution is 0.449. The summed E-state index contributed by atoms with van der Waals surface area (Å²) in [6.45, 7) is 2.54. The molecule has 100 valence electrons. The van der Waals surface area contributed by atoms with Crippen molar-refractivity contribution in [2.45, 2.75) is 19.5 Å². The molecule has 0 aliphatic heterocycles. The number of benzene rings is 2. The highest BCUT2D eigenvalue weighted by Crippen LogP contribution is 2.25. The molecule has 1 unspecified atom stereocenters. The highest BCUT2D eigenvalue weighted by Gasteiger charge is 2.11. The van der Waals surface area contributed by atoms with Gasteiger partial charge >= 0.3 is 0 Å². The molecule has 2 rings (SSSR count). The summed E-state index contributed by atoms with van der Waals surface area (Å²) in [5.41, 5.74) is 1.69. The van der Waals surface area contributed by atoms with Gasteiger partial charge in [-0.25, -0.2) is 4.39 Å². The molecule has 0 fully saturated rings. The second kappa shape index (κ2) is 6.17. The van der Waals surface area contributed by atoms with Crippen molar-refractivity contribution in [1.29, 1.82) is 0 Å². The third kappa shape index (κ3) is 3.78. The molecule has 0 saturated heterocycles. The summed E-state index contributed by atoms with van der Waals surface area (Å²) in [5.74, 6) is -0.237. The summed E-state index contributed by atoms with van der Waals surface area (Å²) in [6, 6.07) is 11.8. The van der Waals surface area contributed by atoms with Crippen LogP contribution in [-0.4, -0.2) is 5.11 Å². The molecular formula is C15H15BrFNO. The molecule has 0 heterocycles. The Hall–Kier alpha value is -1.39. The molecular weight excluding hydrogens is 309 g/mol. The van der Waals surface area contributed by atoms with Gasteiger partial charge in [0.15, 0.2) is 0 Å². The van der Waals surface area contributed by atoms with Crippen LogP contribution in [-0.2, 0) is 6.54 Å². The predicted octanol–water partition coefficient (Wildman–Crippen LogP) is 4.14. The zero-order valence-corrected chi connectivity index (χ0v) is 12.1. The molecule has 0 amide bonds. The first-order valence-corrected chi connectivity index (χ1v) is 6.82. The van der Waals surface area contributed by atoms with Gasteiger partial charge in [-0.1, -0.05) is 28.1 Å². The van der Waals surface area contributed by atoms with E-state index < -0.39 is 0 Å². The molecule has 2 aromatic rings. The first-order chi connectivity index (χ1) is 9.06. The fraction of sp³-hybridized carbons (Fsp3) is 0.200. The molecule has 2 N–H and O–H groups in total. The molecule has 2 aromatic carbocycles. The van der Waals surface area contributed by atoms with Gasteiger partial charge in [0.1, 0.15) is 11.6 Å². The van der Waals surface area contributed by atoms with E-state index in [1.807, 2.05) is 31.2 Å². The molecule has 2 nitrogen and oxygen atoms in total. The van der Waals surface area contributed by atoms with Crippen molar-refractivity contribution in [2.75, 3.05) is 0 Å². The molecule has 0 aliphatic carbocycles. The Morgan fingerprint density at radius 2 is 2.05 bits per heavy atom. The van der Waals surface area contributed by atoms with Crippen molar-refractivity contribution in [3.05, 3.63) is 63.9 Å². The lowest BCUT2D eigenvalue weighted by atomic mass is 10.1. The minimum atomic E-state index is -0.344. The normalized spacial score (nSPS) is 12.4. The van der Waals surface area contributed by atoms with Gasteiger partial charge in [-0.3, -0.25) is 0 Å². The van der Waals surface area contributed by atoms with E-state index in [9.17, 15) is 9.50 Å². The van der Waals surface area contributed by atoms with E-state index in [4.69, 9.17) is 0 Å². The van der Waals surface area contributed by atoms with Crippen molar-refractivity contribution < 1.29 is 9.50 Å². The maximum Gasteiger partial charge on any atom is 0.123 e. The second-order valence-electron chi connectivity index (χ2n) is 4.44. The van der Waals surface area contributed by atoms with Crippen LogP contribution in [0.3, 0.4) is 0 Å². The van der Waals surface area contributed by atoms with Gasteiger partial charge in [-0.15, -0.1) is 0 Å². The average Bonchev–Trinajstić information content (AvgIpc) is 2.39. The molecule has 0 spiro atoms. The van der Waals surface area contributed by atoms with Crippen molar-refractivity contribution in [2.24, 2.45) is 0 Å². The van der Waals surface area contributed by atoms with Crippen molar-refractivity contribution >= 4 is 15.9 Å². The van der Waals surface area contributed by atoms with Crippen LogP contribution in [0.2, 0.25) is 0 Å². The third-order valence-electron chi connectivity index (χ3n) is 2.96. The molecule has 0 saturated carbocycles. The quantitative estimate of drug-likeness (QED) is 0.886. The van der Waals surface area contributed by atoms with E-state index in [0.29, 0.717) is 12.1 Å². The highest BCUT2D eigenvalue weighted by atomic mass is 79.9. The van der Waals surface area contributed by atoms with Crippen LogP contribution in [0.25, 0.3) is 0 Å². The molecule has 0 aromatic heterocycles. The monoisotopic (exact) mass is 323 g/mol. The van der Waals surface area contributed by atoms with Crippen LogP contribution in [0.1, 0.15) is 24.1 Å². The number of aromatic hydroxyl groups is 1. The van der Waals surface area contributed by atoms with Gasteiger partial charge in [0.25, 0.3) is 0 Å². The van der Waals surface area contributed by atoms with Crippen LogP contribution in [0.4, 0.5) is 4.39 Å². The first-order valence-electron chi connectivity index (χ1n) is 6.02. The van der Waals surface area contributed by atoms with Crippen LogP contribution in [0, 0.1) is 5.82 Å². The molecule has 1 atom stereocenters. The minimum absolute atomic E-state index is 0.107. The Morgan fingerprint density at radius 1 is 1.26 bits per heavy atom. The fourth-order valence-electron chi connectivity index (χ4n) is 1.90. The van der Waals surface area contributed by atoms with Gasteiger partial charge in [-0.05, 0) is 42.8 Å². The minimum Gasteiger partial charge on any atom is -0.508 e. The zero-order chi connectivity index (χ0) is 13.8. The largest absolute Gasteiger partial charge is 0.508 e. The van der Waals surface area contributed by atoms with Gasteiger partial charge in [-0.2, -0.15) is 0 Å². The Balaban J connectivity index is 2.05. The summed E-state index contributed by atoms with van der Waals surface area (Å²) in [7, 11) is 0. The van der Waals surface area contributed by atoms with E-state index in [-0.39, 0.29) is 17.6 Å². The number of halogens is 2. The lowest BCUT2D eigenvalue weighted by Crippen LogP contribution is -2.18. The number of phenolic OH excluding ortho intramolecular Hbond substituents is 1. The van der Waals surface area contributed by atoms with Crippen LogP contribution >= 0.6 is 15.9 Å². The molecule has 0 aliphatic rings. The van der Waals surface area contributed by atoms with Crippen LogP contribution < -0.4 is 5.32 Å². The smallest absolute Gasteiger partial charge is 0.123 e. The topological polar surface area (TPSA) is 32.3 Å². The van der Waals surface area contributed by atoms with E-state index >= 15 is 0 Å². The van der Waals surface area contributed by atoms with E-state index in [1.165, 1.54) is 18.2 Å². The summed E-state index contributed by atoms with van der Waals surface area (Å²) in [5, 5.41) is 13.0. The molecule has 0 bridgehead atoms.